The summed E-state index contributed by atoms with van der Waals surface area (Å²) < 4.78 is 10.0. The molecule has 1 aromatic heterocycles. The monoisotopic (exact) mass is 138 g/mol. The largest absolute Gasteiger partial charge is 0.468 e. The van der Waals surface area contributed by atoms with E-state index >= 15 is 0 Å². The molecule has 1 heterocycles. The van der Waals surface area contributed by atoms with Crippen LogP contribution in [-0.2, 0) is 0 Å². The maximum absolute atomic E-state index is 5.17. The lowest BCUT2D eigenvalue weighted by Crippen LogP contribution is -1.76. The van der Waals surface area contributed by atoms with Crippen molar-refractivity contribution in [3.8, 4) is 5.95 Å². The van der Waals surface area contributed by atoms with Crippen LogP contribution in [0.15, 0.2) is 23.1 Å². The van der Waals surface area contributed by atoms with Crippen LogP contribution >= 0.6 is 0 Å². The fourth-order valence-corrected chi connectivity index (χ4v) is 0.659. The molecule has 0 N–H and O–H groups in total. The quantitative estimate of drug-likeness (QED) is 0.625. The highest BCUT2D eigenvalue weighted by atomic mass is 16.6. The number of ether oxygens (including phenoxy) is 1. The van der Waals surface area contributed by atoms with Crippen molar-refractivity contribution in [1.29, 1.82) is 0 Å². The van der Waals surface area contributed by atoms with Crippen molar-refractivity contribution in [3.05, 3.63) is 24.5 Å². The molecule has 0 aliphatic carbocycles. The van der Waals surface area contributed by atoms with E-state index in [1.807, 2.05) is 13.0 Å². The molecule has 0 saturated carbocycles. The second-order valence-electron chi connectivity index (χ2n) is 2.10. The molecule has 0 aliphatic heterocycles. The third-order valence-electron chi connectivity index (χ3n) is 1.20. The van der Waals surface area contributed by atoms with Crippen LogP contribution < -0.4 is 4.74 Å². The first kappa shape index (κ1) is 6.93. The van der Waals surface area contributed by atoms with Gasteiger partial charge in [0.05, 0.1) is 7.11 Å². The molecule has 0 aliphatic rings. The predicted octanol–water partition coefficient (Wildman–Crippen LogP) is 2.32. The Balaban J connectivity index is 2.88. The van der Waals surface area contributed by atoms with E-state index in [4.69, 9.17) is 9.15 Å². The van der Waals surface area contributed by atoms with Gasteiger partial charge in [0.1, 0.15) is 5.76 Å². The standard InChI is InChI=1S/C8H10O2/c1-6(2)7-4-5-8(9-3)10-7/h4-5H,1H2,2-3H3. The Morgan fingerprint density at radius 2 is 2.30 bits per heavy atom. The average Bonchev–Trinajstić information content (AvgIpc) is 2.34. The van der Waals surface area contributed by atoms with Crippen molar-refractivity contribution in [3.63, 3.8) is 0 Å². The van der Waals surface area contributed by atoms with Crippen LogP contribution in [0, 0.1) is 0 Å². The van der Waals surface area contributed by atoms with Crippen molar-refractivity contribution in [2.45, 2.75) is 6.92 Å². The zero-order valence-electron chi connectivity index (χ0n) is 6.18. The highest BCUT2D eigenvalue weighted by Crippen LogP contribution is 2.20. The molecular weight excluding hydrogens is 128 g/mol. The molecule has 0 bridgehead atoms. The zero-order valence-corrected chi connectivity index (χ0v) is 6.18. The molecule has 54 valence electrons. The first-order valence-electron chi connectivity index (χ1n) is 3.03. The molecule has 1 rings (SSSR count). The Bertz CT molecular complexity index is 235. The molecule has 0 unspecified atom stereocenters. The minimum atomic E-state index is 0.526. The number of furan rings is 1. The van der Waals surface area contributed by atoms with E-state index < -0.39 is 0 Å². The molecule has 1 aromatic rings. The summed E-state index contributed by atoms with van der Waals surface area (Å²) in [6.07, 6.45) is 0. The van der Waals surface area contributed by atoms with Crippen LogP contribution in [0.1, 0.15) is 12.7 Å². The van der Waals surface area contributed by atoms with Crippen LogP contribution in [0.2, 0.25) is 0 Å². The molecule has 0 atom stereocenters. The smallest absolute Gasteiger partial charge is 0.284 e. The maximum Gasteiger partial charge on any atom is 0.284 e. The Hall–Kier alpha value is -1.18. The molecule has 0 spiro atoms. The van der Waals surface area contributed by atoms with Gasteiger partial charge in [-0.25, -0.2) is 0 Å². The highest BCUT2D eigenvalue weighted by molar-refractivity contribution is 5.56. The first-order valence-corrected chi connectivity index (χ1v) is 3.03. The molecule has 0 amide bonds. The third kappa shape index (κ3) is 1.21. The predicted molar refractivity (Wildman–Crippen MR) is 40.0 cm³/mol. The van der Waals surface area contributed by atoms with Crippen molar-refractivity contribution in [1.82, 2.24) is 0 Å². The molecule has 2 nitrogen and oxygen atoms in total. The summed E-state index contributed by atoms with van der Waals surface area (Å²) in [5.41, 5.74) is 0.906. The summed E-state index contributed by atoms with van der Waals surface area (Å²) in [7, 11) is 1.57. The fourth-order valence-electron chi connectivity index (χ4n) is 0.659. The first-order chi connectivity index (χ1) is 4.74. The van der Waals surface area contributed by atoms with Gasteiger partial charge in [-0.3, -0.25) is 0 Å². The lowest BCUT2D eigenvalue weighted by Gasteiger charge is -1.91. The second-order valence-corrected chi connectivity index (χ2v) is 2.10. The Morgan fingerprint density at radius 3 is 2.60 bits per heavy atom. The highest BCUT2D eigenvalue weighted by Gasteiger charge is 1.99. The van der Waals surface area contributed by atoms with Crippen LogP contribution in [-0.4, -0.2) is 7.11 Å². The summed E-state index contributed by atoms with van der Waals surface area (Å²) in [6, 6.07) is 3.60. The normalized spacial score (nSPS) is 9.40. The SMILES string of the molecule is C=C(C)c1ccc(OC)o1. The Morgan fingerprint density at radius 1 is 1.60 bits per heavy atom. The van der Waals surface area contributed by atoms with E-state index in [0.717, 1.165) is 11.3 Å². The summed E-state index contributed by atoms with van der Waals surface area (Å²) in [6.45, 7) is 5.61. The van der Waals surface area contributed by atoms with E-state index in [2.05, 4.69) is 6.58 Å². The van der Waals surface area contributed by atoms with E-state index in [1.165, 1.54) is 0 Å². The molecule has 2 heteroatoms. The van der Waals surface area contributed by atoms with Crippen molar-refractivity contribution in [2.75, 3.05) is 7.11 Å². The maximum atomic E-state index is 5.17. The molecule has 0 radical (unpaired) electrons. The number of hydrogen-bond donors (Lipinski definition) is 0. The lowest BCUT2D eigenvalue weighted by molar-refractivity contribution is 0.302. The van der Waals surface area contributed by atoms with E-state index in [9.17, 15) is 0 Å². The third-order valence-corrected chi connectivity index (χ3v) is 1.20. The summed E-state index contributed by atoms with van der Waals surface area (Å²) >= 11 is 0. The van der Waals surface area contributed by atoms with Crippen molar-refractivity contribution in [2.24, 2.45) is 0 Å². The second kappa shape index (κ2) is 2.60. The fraction of sp³-hybridized carbons (Fsp3) is 0.250. The minimum Gasteiger partial charge on any atom is -0.468 e. The van der Waals surface area contributed by atoms with Crippen LogP contribution in [0.25, 0.3) is 5.57 Å². The van der Waals surface area contributed by atoms with Gasteiger partial charge in [0.15, 0.2) is 0 Å². The van der Waals surface area contributed by atoms with Crippen LogP contribution in [0.3, 0.4) is 0 Å². The number of rotatable bonds is 2. The molecule has 0 saturated heterocycles. The van der Waals surface area contributed by atoms with Gasteiger partial charge in [0.2, 0.25) is 0 Å². The minimum absolute atomic E-state index is 0.526. The van der Waals surface area contributed by atoms with Gasteiger partial charge in [-0.15, -0.1) is 0 Å². The molecular formula is C8H10O2. The van der Waals surface area contributed by atoms with Crippen LogP contribution in [0.4, 0.5) is 0 Å². The van der Waals surface area contributed by atoms with Crippen molar-refractivity contribution >= 4 is 5.57 Å². The van der Waals surface area contributed by atoms with E-state index in [1.54, 1.807) is 13.2 Å². The molecule has 10 heavy (non-hydrogen) atoms. The number of methoxy groups -OCH3 is 1. The van der Waals surface area contributed by atoms with Gasteiger partial charge in [-0.05, 0) is 18.6 Å². The Labute approximate surface area is 60.1 Å². The molecule has 0 fully saturated rings. The van der Waals surface area contributed by atoms with Gasteiger partial charge in [0, 0.05) is 6.07 Å². The van der Waals surface area contributed by atoms with E-state index in [-0.39, 0.29) is 0 Å². The number of allylic oxidation sites excluding steroid dienone is 1. The summed E-state index contributed by atoms with van der Waals surface area (Å²) in [4.78, 5) is 0. The zero-order chi connectivity index (χ0) is 7.56. The molecule has 0 aromatic carbocycles. The average molecular weight is 138 g/mol. The van der Waals surface area contributed by atoms with Crippen molar-refractivity contribution < 1.29 is 9.15 Å². The van der Waals surface area contributed by atoms with Gasteiger partial charge < -0.3 is 9.15 Å². The summed E-state index contributed by atoms with van der Waals surface area (Å²) in [5.74, 6) is 1.30. The van der Waals surface area contributed by atoms with Crippen LogP contribution in [0.5, 0.6) is 5.95 Å². The van der Waals surface area contributed by atoms with Gasteiger partial charge in [0.25, 0.3) is 5.95 Å². The summed E-state index contributed by atoms with van der Waals surface area (Å²) in [5, 5.41) is 0. The van der Waals surface area contributed by atoms with E-state index in [0.29, 0.717) is 5.95 Å². The van der Waals surface area contributed by atoms with Gasteiger partial charge in [-0.1, -0.05) is 6.58 Å². The lowest BCUT2D eigenvalue weighted by atomic mass is 10.3. The topological polar surface area (TPSA) is 22.4 Å². The number of hydrogen-bond acceptors (Lipinski definition) is 2. The van der Waals surface area contributed by atoms with Gasteiger partial charge >= 0.3 is 0 Å². The van der Waals surface area contributed by atoms with Gasteiger partial charge in [-0.2, -0.15) is 0 Å². The Kier molecular flexibility index (Phi) is 1.81.